The van der Waals surface area contributed by atoms with E-state index >= 15 is 0 Å². The molecule has 1 N–H and O–H groups in total. The number of carbonyl (C=O) groups excluding carboxylic acids is 1. The minimum atomic E-state index is -0.491. The van der Waals surface area contributed by atoms with E-state index in [1.165, 1.54) is 5.56 Å². The van der Waals surface area contributed by atoms with Gasteiger partial charge in [-0.3, -0.25) is 4.98 Å². The number of hydrogen-bond donors (Lipinski definition) is 1. The van der Waals surface area contributed by atoms with Crippen molar-refractivity contribution in [1.29, 1.82) is 0 Å². The number of alkyl carbamates (subject to hydrolysis) is 1. The van der Waals surface area contributed by atoms with Gasteiger partial charge in [0.2, 0.25) is 0 Å². The molecule has 4 nitrogen and oxygen atoms in total. The van der Waals surface area contributed by atoms with Crippen LogP contribution in [-0.4, -0.2) is 16.7 Å². The number of aryl methyl sites for hydroxylation is 1. The summed E-state index contributed by atoms with van der Waals surface area (Å²) in [6.45, 7) is 7.55. The summed E-state index contributed by atoms with van der Waals surface area (Å²) in [4.78, 5) is 16.4. The van der Waals surface area contributed by atoms with Crippen LogP contribution >= 0.6 is 15.9 Å². The first-order chi connectivity index (χ1) is 8.70. The maximum absolute atomic E-state index is 11.9. The fraction of sp³-hybridized carbons (Fsp3) is 0.571. The Hall–Kier alpha value is -1.10. The first-order valence-corrected chi connectivity index (χ1v) is 7.15. The van der Waals surface area contributed by atoms with Crippen molar-refractivity contribution < 1.29 is 9.53 Å². The maximum Gasteiger partial charge on any atom is 0.408 e. The minimum absolute atomic E-state index is 0.396. The van der Waals surface area contributed by atoms with Crippen molar-refractivity contribution in [3.8, 4) is 0 Å². The van der Waals surface area contributed by atoms with Crippen molar-refractivity contribution in [3.05, 3.63) is 28.0 Å². The van der Waals surface area contributed by atoms with Gasteiger partial charge in [0.25, 0.3) is 0 Å². The fourth-order valence-electron chi connectivity index (χ4n) is 2.32. The van der Waals surface area contributed by atoms with Gasteiger partial charge in [-0.25, -0.2) is 4.79 Å². The monoisotopic (exact) mass is 326 g/mol. The summed E-state index contributed by atoms with van der Waals surface area (Å²) < 4.78 is 6.28. The molecule has 1 aromatic rings. The van der Waals surface area contributed by atoms with Crippen molar-refractivity contribution in [2.75, 3.05) is 0 Å². The molecule has 1 aliphatic rings. The molecule has 1 atom stereocenters. The van der Waals surface area contributed by atoms with E-state index in [1.54, 1.807) is 6.20 Å². The molecule has 19 heavy (non-hydrogen) atoms. The Labute approximate surface area is 122 Å². The van der Waals surface area contributed by atoms with Gasteiger partial charge in [0.15, 0.2) is 0 Å². The number of halogens is 1. The Bertz CT molecular complexity index is 511. The minimum Gasteiger partial charge on any atom is -0.444 e. The number of pyridine rings is 1. The van der Waals surface area contributed by atoms with Gasteiger partial charge in [-0.05, 0) is 68.1 Å². The highest BCUT2D eigenvalue weighted by Crippen LogP contribution is 2.36. The summed E-state index contributed by atoms with van der Waals surface area (Å²) in [6, 6.07) is 2.06. The molecule has 1 aromatic heterocycles. The summed E-state index contributed by atoms with van der Waals surface area (Å²) in [5.41, 5.74) is 1.17. The molecule has 0 radical (unpaired) electrons. The predicted octanol–water partition coefficient (Wildman–Crippen LogP) is 3.53. The Morgan fingerprint density at radius 1 is 1.53 bits per heavy atom. The van der Waals surface area contributed by atoms with E-state index in [2.05, 4.69) is 32.3 Å². The number of carbonyl (C=O) groups is 1. The molecular formula is C14H19BrN2O2. The molecule has 0 saturated heterocycles. The highest BCUT2D eigenvalue weighted by atomic mass is 79.9. The fourth-order valence-corrected chi connectivity index (χ4v) is 2.70. The van der Waals surface area contributed by atoms with Gasteiger partial charge in [-0.1, -0.05) is 0 Å². The van der Waals surface area contributed by atoms with Crippen LogP contribution in [0.15, 0.2) is 16.7 Å². The first kappa shape index (κ1) is 14.3. The molecule has 0 unspecified atom stereocenters. The highest BCUT2D eigenvalue weighted by molar-refractivity contribution is 9.10. The molecule has 2 rings (SSSR count). The number of hydrogen-bond acceptors (Lipinski definition) is 3. The molecule has 0 fully saturated rings. The number of nitrogens with one attached hydrogen (secondary N) is 1. The van der Waals surface area contributed by atoms with Gasteiger partial charge in [-0.15, -0.1) is 0 Å². The zero-order chi connectivity index (χ0) is 14.3. The van der Waals surface area contributed by atoms with E-state index in [4.69, 9.17) is 4.74 Å². The van der Waals surface area contributed by atoms with E-state index in [9.17, 15) is 4.79 Å². The van der Waals surface area contributed by atoms with Crippen molar-refractivity contribution in [2.24, 2.45) is 0 Å². The standard InChI is InChI=1S/C14H19BrN2O2/c1-13(2,3)19-12(18)17-14(4)6-5-9-7-10(15)8-16-11(9)14/h7-8H,5-6H2,1-4H3,(H,17,18)/t14-/m1/s1. The Morgan fingerprint density at radius 3 is 2.84 bits per heavy atom. The van der Waals surface area contributed by atoms with Crippen LogP contribution < -0.4 is 5.32 Å². The van der Waals surface area contributed by atoms with Gasteiger partial charge in [0, 0.05) is 10.7 Å². The maximum atomic E-state index is 11.9. The summed E-state index contributed by atoms with van der Waals surface area (Å²) in [6.07, 6.45) is 3.12. The van der Waals surface area contributed by atoms with E-state index in [1.807, 2.05) is 27.7 Å². The average molecular weight is 327 g/mol. The Balaban J connectivity index is 2.16. The molecule has 0 aromatic carbocycles. The van der Waals surface area contributed by atoms with Gasteiger partial charge in [-0.2, -0.15) is 0 Å². The van der Waals surface area contributed by atoms with E-state index in [0.717, 1.165) is 23.0 Å². The molecule has 5 heteroatoms. The zero-order valence-electron chi connectivity index (χ0n) is 11.7. The van der Waals surface area contributed by atoms with Crippen molar-refractivity contribution >= 4 is 22.0 Å². The van der Waals surface area contributed by atoms with Crippen molar-refractivity contribution in [3.63, 3.8) is 0 Å². The van der Waals surface area contributed by atoms with Gasteiger partial charge in [0.1, 0.15) is 5.60 Å². The van der Waals surface area contributed by atoms with Crippen LogP contribution in [0.1, 0.15) is 45.4 Å². The van der Waals surface area contributed by atoms with Crippen molar-refractivity contribution in [2.45, 2.75) is 51.7 Å². The molecule has 0 saturated carbocycles. The van der Waals surface area contributed by atoms with Crippen LogP contribution in [0.4, 0.5) is 4.79 Å². The lowest BCUT2D eigenvalue weighted by Crippen LogP contribution is -2.44. The van der Waals surface area contributed by atoms with Crippen LogP contribution in [0.5, 0.6) is 0 Å². The topological polar surface area (TPSA) is 51.2 Å². The molecule has 1 aliphatic carbocycles. The van der Waals surface area contributed by atoms with E-state index < -0.39 is 17.2 Å². The summed E-state index contributed by atoms with van der Waals surface area (Å²) in [5.74, 6) is 0. The molecule has 104 valence electrons. The number of rotatable bonds is 1. The lowest BCUT2D eigenvalue weighted by Gasteiger charge is -2.28. The van der Waals surface area contributed by atoms with Gasteiger partial charge >= 0.3 is 6.09 Å². The molecule has 0 aliphatic heterocycles. The normalized spacial score (nSPS) is 21.9. The van der Waals surface area contributed by atoms with Crippen molar-refractivity contribution in [1.82, 2.24) is 10.3 Å². The predicted molar refractivity (Wildman–Crippen MR) is 77.0 cm³/mol. The second-order valence-electron chi connectivity index (χ2n) is 6.12. The molecule has 0 spiro atoms. The number of amides is 1. The third-order valence-electron chi connectivity index (χ3n) is 3.13. The number of nitrogens with zero attached hydrogens (tertiary/aromatic N) is 1. The summed E-state index contributed by atoms with van der Waals surface area (Å²) in [5, 5.41) is 2.95. The highest BCUT2D eigenvalue weighted by Gasteiger charge is 2.38. The third kappa shape index (κ3) is 3.26. The van der Waals surface area contributed by atoms with Crippen LogP contribution in [-0.2, 0) is 16.7 Å². The van der Waals surface area contributed by atoms with Gasteiger partial charge in [0.05, 0.1) is 11.2 Å². The van der Waals surface area contributed by atoms with Crippen LogP contribution in [0.2, 0.25) is 0 Å². The number of fused-ring (bicyclic) bond motifs is 1. The third-order valence-corrected chi connectivity index (χ3v) is 3.56. The summed E-state index contributed by atoms with van der Waals surface area (Å²) >= 11 is 3.42. The SMILES string of the molecule is CC(C)(C)OC(=O)N[C@]1(C)CCc2cc(Br)cnc21. The second-order valence-corrected chi connectivity index (χ2v) is 7.04. The van der Waals surface area contributed by atoms with Crippen LogP contribution in [0.25, 0.3) is 0 Å². The summed E-state index contributed by atoms with van der Waals surface area (Å²) in [7, 11) is 0. The second kappa shape index (κ2) is 4.78. The van der Waals surface area contributed by atoms with Gasteiger partial charge < -0.3 is 10.1 Å². The zero-order valence-corrected chi connectivity index (χ0v) is 13.3. The van der Waals surface area contributed by atoms with E-state index in [-0.39, 0.29) is 0 Å². The molecule has 1 amide bonds. The van der Waals surface area contributed by atoms with Crippen LogP contribution in [0.3, 0.4) is 0 Å². The molecule has 0 bridgehead atoms. The number of aromatic nitrogens is 1. The quantitative estimate of drug-likeness (QED) is 0.858. The number of ether oxygens (including phenoxy) is 1. The lowest BCUT2D eigenvalue weighted by molar-refractivity contribution is 0.0459. The smallest absolute Gasteiger partial charge is 0.408 e. The average Bonchev–Trinajstić information content (AvgIpc) is 2.52. The lowest BCUT2D eigenvalue weighted by atomic mass is 9.99. The van der Waals surface area contributed by atoms with E-state index in [0.29, 0.717) is 0 Å². The Kier molecular flexibility index (Phi) is 3.60. The van der Waals surface area contributed by atoms with Crippen LogP contribution in [0, 0.1) is 0 Å². The Morgan fingerprint density at radius 2 is 2.21 bits per heavy atom. The first-order valence-electron chi connectivity index (χ1n) is 6.36. The largest absolute Gasteiger partial charge is 0.444 e. The molecular weight excluding hydrogens is 308 g/mol. The molecule has 1 heterocycles.